The molecule has 2 N–H and O–H groups in total. The largest absolute Gasteiger partial charge is 0.395 e. The third kappa shape index (κ3) is 4.69. The molecule has 0 radical (unpaired) electrons. The summed E-state index contributed by atoms with van der Waals surface area (Å²) in [5.74, 6) is 0. The van der Waals surface area contributed by atoms with Crippen molar-refractivity contribution >= 4 is 11.6 Å². The van der Waals surface area contributed by atoms with E-state index < -0.39 is 0 Å². The lowest BCUT2D eigenvalue weighted by Crippen LogP contribution is -2.31. The maximum absolute atomic E-state index is 9.40. The second kappa shape index (κ2) is 8.94. The molecule has 1 aromatic heterocycles. The van der Waals surface area contributed by atoms with Gasteiger partial charge >= 0.3 is 0 Å². The van der Waals surface area contributed by atoms with E-state index >= 15 is 0 Å². The van der Waals surface area contributed by atoms with Gasteiger partial charge in [0.1, 0.15) is 11.4 Å². The fourth-order valence-corrected chi connectivity index (χ4v) is 2.85. The standard InChI is InChI=1S/C20H23ClN4O/c1-2-18(14-26)22-12-19-20(16-6-4-3-5-7-16)24-25(23-19)13-15-8-10-17(21)11-9-15/h3-11,18,22,26H,2,12-14H2,1H3/t18-/m0/s1. The molecule has 0 aliphatic carbocycles. The van der Waals surface area contributed by atoms with Crippen LogP contribution in [0.1, 0.15) is 24.6 Å². The second-order valence-electron chi connectivity index (χ2n) is 6.19. The van der Waals surface area contributed by atoms with Gasteiger partial charge in [0, 0.05) is 23.2 Å². The zero-order valence-electron chi connectivity index (χ0n) is 14.8. The van der Waals surface area contributed by atoms with Gasteiger partial charge in [-0.05, 0) is 24.1 Å². The first-order chi connectivity index (χ1) is 12.7. The first-order valence-electron chi connectivity index (χ1n) is 8.77. The topological polar surface area (TPSA) is 63.0 Å². The molecule has 0 spiro atoms. The van der Waals surface area contributed by atoms with Crippen molar-refractivity contribution in [2.45, 2.75) is 32.5 Å². The molecule has 26 heavy (non-hydrogen) atoms. The van der Waals surface area contributed by atoms with Crippen molar-refractivity contribution in [1.29, 1.82) is 0 Å². The molecule has 0 fully saturated rings. The van der Waals surface area contributed by atoms with E-state index in [-0.39, 0.29) is 12.6 Å². The van der Waals surface area contributed by atoms with Crippen LogP contribution < -0.4 is 5.32 Å². The van der Waals surface area contributed by atoms with E-state index in [4.69, 9.17) is 16.7 Å². The van der Waals surface area contributed by atoms with Crippen molar-refractivity contribution in [3.8, 4) is 11.3 Å². The maximum atomic E-state index is 9.40. The number of nitrogens with one attached hydrogen (secondary N) is 1. The third-order valence-electron chi connectivity index (χ3n) is 4.28. The SMILES string of the molecule is CC[C@@H](CO)NCc1nn(Cc2ccc(Cl)cc2)nc1-c1ccccc1. The average Bonchev–Trinajstić information content (AvgIpc) is 3.08. The van der Waals surface area contributed by atoms with Crippen molar-refractivity contribution in [1.82, 2.24) is 20.3 Å². The molecule has 0 bridgehead atoms. The number of aliphatic hydroxyl groups is 1. The van der Waals surface area contributed by atoms with Gasteiger partial charge in [0.2, 0.25) is 0 Å². The number of benzene rings is 2. The van der Waals surface area contributed by atoms with Crippen LogP contribution in [0, 0.1) is 0 Å². The molecule has 3 rings (SSSR count). The molecule has 6 heteroatoms. The van der Waals surface area contributed by atoms with Gasteiger partial charge in [0.05, 0.1) is 13.2 Å². The molecular formula is C20H23ClN4O. The molecule has 0 amide bonds. The minimum Gasteiger partial charge on any atom is -0.395 e. The predicted octanol–water partition coefficient (Wildman–Crippen LogP) is 3.51. The number of rotatable bonds is 8. The van der Waals surface area contributed by atoms with Crippen molar-refractivity contribution in [3.05, 3.63) is 70.9 Å². The Bertz CT molecular complexity index is 814. The van der Waals surface area contributed by atoms with Crippen LogP contribution in [0.2, 0.25) is 5.02 Å². The molecule has 0 unspecified atom stereocenters. The fourth-order valence-electron chi connectivity index (χ4n) is 2.72. The normalized spacial score (nSPS) is 12.3. The lowest BCUT2D eigenvalue weighted by molar-refractivity contribution is 0.238. The first kappa shape index (κ1) is 18.6. The Balaban J connectivity index is 1.85. The summed E-state index contributed by atoms with van der Waals surface area (Å²) in [5, 5.41) is 22.8. The Morgan fingerprint density at radius 3 is 2.46 bits per heavy atom. The van der Waals surface area contributed by atoms with Gasteiger partial charge in [0.25, 0.3) is 0 Å². The molecule has 2 aromatic carbocycles. The molecule has 3 aromatic rings. The molecule has 5 nitrogen and oxygen atoms in total. The molecule has 0 saturated carbocycles. The van der Waals surface area contributed by atoms with Crippen LogP contribution in [0.4, 0.5) is 0 Å². The molecule has 136 valence electrons. The predicted molar refractivity (Wildman–Crippen MR) is 104 cm³/mol. The summed E-state index contributed by atoms with van der Waals surface area (Å²) >= 11 is 5.96. The van der Waals surface area contributed by atoms with Crippen molar-refractivity contribution in [2.75, 3.05) is 6.61 Å². The van der Waals surface area contributed by atoms with Gasteiger partial charge in [-0.15, -0.1) is 0 Å². The van der Waals surface area contributed by atoms with Gasteiger partial charge in [-0.2, -0.15) is 15.0 Å². The number of hydrogen-bond donors (Lipinski definition) is 2. The monoisotopic (exact) mass is 370 g/mol. The Hall–Kier alpha value is -2.21. The number of hydrogen-bond acceptors (Lipinski definition) is 4. The number of aromatic nitrogens is 3. The molecule has 1 atom stereocenters. The molecular weight excluding hydrogens is 348 g/mol. The van der Waals surface area contributed by atoms with Crippen LogP contribution in [0.5, 0.6) is 0 Å². The van der Waals surface area contributed by atoms with E-state index in [0.29, 0.717) is 18.1 Å². The number of aliphatic hydroxyl groups excluding tert-OH is 1. The second-order valence-corrected chi connectivity index (χ2v) is 6.62. The van der Waals surface area contributed by atoms with Crippen LogP contribution in [0.25, 0.3) is 11.3 Å². The van der Waals surface area contributed by atoms with Crippen LogP contribution in [0.15, 0.2) is 54.6 Å². The summed E-state index contributed by atoms with van der Waals surface area (Å²) in [6, 6.07) is 17.8. The minimum atomic E-state index is 0.0556. The summed E-state index contributed by atoms with van der Waals surface area (Å²) < 4.78 is 0. The lowest BCUT2D eigenvalue weighted by Gasteiger charge is -2.12. The highest BCUT2D eigenvalue weighted by Gasteiger charge is 2.15. The Morgan fingerprint density at radius 2 is 1.81 bits per heavy atom. The smallest absolute Gasteiger partial charge is 0.117 e. The van der Waals surface area contributed by atoms with E-state index in [0.717, 1.165) is 28.9 Å². The quantitative estimate of drug-likeness (QED) is 0.637. The minimum absolute atomic E-state index is 0.0556. The zero-order chi connectivity index (χ0) is 18.4. The fraction of sp³-hybridized carbons (Fsp3) is 0.300. The maximum Gasteiger partial charge on any atom is 0.117 e. The van der Waals surface area contributed by atoms with Gasteiger partial charge in [-0.3, -0.25) is 0 Å². The van der Waals surface area contributed by atoms with Crippen LogP contribution in [-0.4, -0.2) is 32.7 Å². The van der Waals surface area contributed by atoms with E-state index in [9.17, 15) is 5.11 Å². The molecule has 0 saturated heterocycles. The van der Waals surface area contributed by atoms with E-state index in [1.165, 1.54) is 0 Å². The van der Waals surface area contributed by atoms with Gasteiger partial charge in [0.15, 0.2) is 0 Å². The summed E-state index contributed by atoms with van der Waals surface area (Å²) in [5.41, 5.74) is 3.85. The third-order valence-corrected chi connectivity index (χ3v) is 4.53. The highest BCUT2D eigenvalue weighted by Crippen LogP contribution is 2.20. The molecule has 0 aliphatic heterocycles. The Morgan fingerprint density at radius 1 is 1.08 bits per heavy atom. The zero-order valence-corrected chi connectivity index (χ0v) is 15.5. The summed E-state index contributed by atoms with van der Waals surface area (Å²) in [6.45, 7) is 3.29. The van der Waals surface area contributed by atoms with E-state index in [1.807, 2.05) is 61.5 Å². The Kier molecular flexibility index (Phi) is 6.39. The lowest BCUT2D eigenvalue weighted by atomic mass is 10.1. The molecule has 1 heterocycles. The number of nitrogens with zero attached hydrogens (tertiary/aromatic N) is 3. The van der Waals surface area contributed by atoms with Crippen molar-refractivity contribution in [2.24, 2.45) is 0 Å². The van der Waals surface area contributed by atoms with Gasteiger partial charge in [-0.25, -0.2) is 0 Å². The van der Waals surface area contributed by atoms with Crippen LogP contribution in [0.3, 0.4) is 0 Å². The first-order valence-corrected chi connectivity index (χ1v) is 9.15. The van der Waals surface area contributed by atoms with Gasteiger partial charge in [-0.1, -0.05) is 61.0 Å². The van der Waals surface area contributed by atoms with Gasteiger partial charge < -0.3 is 10.4 Å². The highest BCUT2D eigenvalue weighted by molar-refractivity contribution is 6.30. The van der Waals surface area contributed by atoms with Crippen LogP contribution in [-0.2, 0) is 13.1 Å². The number of halogens is 1. The summed E-state index contributed by atoms with van der Waals surface area (Å²) in [7, 11) is 0. The van der Waals surface area contributed by atoms with Crippen molar-refractivity contribution in [3.63, 3.8) is 0 Å². The van der Waals surface area contributed by atoms with E-state index in [2.05, 4.69) is 10.4 Å². The van der Waals surface area contributed by atoms with E-state index in [1.54, 1.807) is 4.80 Å². The summed E-state index contributed by atoms with van der Waals surface area (Å²) in [6.07, 6.45) is 0.857. The molecule has 0 aliphatic rings. The van der Waals surface area contributed by atoms with Crippen molar-refractivity contribution < 1.29 is 5.11 Å². The van der Waals surface area contributed by atoms with Crippen LogP contribution >= 0.6 is 11.6 Å². The Labute approximate surface area is 158 Å². The average molecular weight is 371 g/mol. The highest BCUT2D eigenvalue weighted by atomic mass is 35.5. The summed E-state index contributed by atoms with van der Waals surface area (Å²) in [4.78, 5) is 1.71.